The Hall–Kier alpha value is -1.97. The van der Waals surface area contributed by atoms with Crippen LogP contribution in [-0.2, 0) is 13.1 Å². The number of phenolic OH excluding ortho intramolecular Hbond substituents is 1. The molecule has 0 bridgehead atoms. The fraction of sp³-hybridized carbons (Fsp3) is 0.188. The molecule has 130 valence electrons. The van der Waals surface area contributed by atoms with Gasteiger partial charge in [0.1, 0.15) is 11.6 Å². The molecule has 24 heavy (non-hydrogen) atoms. The van der Waals surface area contributed by atoms with Gasteiger partial charge in [0.15, 0.2) is 17.5 Å². The van der Waals surface area contributed by atoms with Crippen LogP contribution in [0.25, 0.3) is 0 Å². The molecular formula is C16H17F3IN3O. The van der Waals surface area contributed by atoms with Crippen molar-refractivity contribution in [3.8, 4) is 5.75 Å². The lowest BCUT2D eigenvalue weighted by Crippen LogP contribution is -2.36. The van der Waals surface area contributed by atoms with Crippen molar-refractivity contribution < 1.29 is 18.3 Å². The molecule has 0 aromatic heterocycles. The molecule has 0 unspecified atom stereocenters. The molecule has 4 nitrogen and oxygen atoms in total. The summed E-state index contributed by atoms with van der Waals surface area (Å²) in [6, 6.07) is 7.22. The Morgan fingerprint density at radius 3 is 2.38 bits per heavy atom. The van der Waals surface area contributed by atoms with Crippen molar-refractivity contribution in [2.24, 2.45) is 4.99 Å². The van der Waals surface area contributed by atoms with Crippen molar-refractivity contribution >= 4 is 29.9 Å². The number of hydrogen-bond acceptors (Lipinski definition) is 2. The van der Waals surface area contributed by atoms with Crippen molar-refractivity contribution in [2.45, 2.75) is 13.1 Å². The zero-order chi connectivity index (χ0) is 16.8. The molecular weight excluding hydrogens is 434 g/mol. The van der Waals surface area contributed by atoms with E-state index in [4.69, 9.17) is 5.11 Å². The van der Waals surface area contributed by atoms with Gasteiger partial charge in [0.2, 0.25) is 0 Å². The van der Waals surface area contributed by atoms with E-state index in [2.05, 4.69) is 15.6 Å². The first-order valence-electron chi connectivity index (χ1n) is 6.85. The first-order valence-corrected chi connectivity index (χ1v) is 6.85. The van der Waals surface area contributed by atoms with Crippen LogP contribution >= 0.6 is 24.0 Å². The van der Waals surface area contributed by atoms with Gasteiger partial charge in [-0.15, -0.1) is 24.0 Å². The van der Waals surface area contributed by atoms with E-state index in [0.717, 1.165) is 18.2 Å². The number of aliphatic imine (C=N–C) groups is 1. The maximum atomic E-state index is 13.5. The van der Waals surface area contributed by atoms with Gasteiger partial charge in [-0.1, -0.05) is 6.07 Å². The fourth-order valence-electron chi connectivity index (χ4n) is 1.92. The van der Waals surface area contributed by atoms with Crippen molar-refractivity contribution in [3.63, 3.8) is 0 Å². The summed E-state index contributed by atoms with van der Waals surface area (Å²) in [7, 11) is 1.52. The van der Waals surface area contributed by atoms with E-state index in [-0.39, 0.29) is 42.6 Å². The Kier molecular flexibility index (Phi) is 7.83. The second-order valence-electron chi connectivity index (χ2n) is 4.80. The van der Waals surface area contributed by atoms with Crippen molar-refractivity contribution in [2.75, 3.05) is 7.05 Å². The van der Waals surface area contributed by atoms with Crippen LogP contribution in [0.3, 0.4) is 0 Å². The second-order valence-corrected chi connectivity index (χ2v) is 4.80. The number of phenols is 1. The Morgan fingerprint density at radius 2 is 1.71 bits per heavy atom. The molecule has 0 atom stereocenters. The van der Waals surface area contributed by atoms with Gasteiger partial charge in [-0.3, -0.25) is 4.99 Å². The molecule has 0 aliphatic carbocycles. The van der Waals surface area contributed by atoms with Gasteiger partial charge >= 0.3 is 0 Å². The number of halogens is 4. The number of aromatic hydroxyl groups is 1. The van der Waals surface area contributed by atoms with Crippen LogP contribution in [0.2, 0.25) is 0 Å². The summed E-state index contributed by atoms with van der Waals surface area (Å²) in [5, 5.41) is 14.9. The molecule has 0 amide bonds. The quantitative estimate of drug-likeness (QED) is 0.380. The molecule has 0 aliphatic rings. The minimum absolute atomic E-state index is 0. The van der Waals surface area contributed by atoms with Crippen LogP contribution in [0.4, 0.5) is 13.2 Å². The van der Waals surface area contributed by atoms with Gasteiger partial charge in [0.25, 0.3) is 0 Å². The fourth-order valence-corrected chi connectivity index (χ4v) is 1.92. The van der Waals surface area contributed by atoms with Crippen LogP contribution in [-0.4, -0.2) is 18.1 Å². The number of hydrogen-bond donors (Lipinski definition) is 3. The van der Waals surface area contributed by atoms with Crippen molar-refractivity contribution in [1.29, 1.82) is 0 Å². The SMILES string of the molecule is CN=C(NCc1ccc(O)c(F)c1)NCc1cc(F)ccc1F.I. The molecule has 2 aromatic rings. The Morgan fingerprint density at radius 1 is 1.00 bits per heavy atom. The first-order chi connectivity index (χ1) is 11.0. The van der Waals surface area contributed by atoms with Crippen LogP contribution in [0.15, 0.2) is 41.4 Å². The average Bonchev–Trinajstić information content (AvgIpc) is 2.54. The van der Waals surface area contributed by atoms with E-state index in [0.29, 0.717) is 11.5 Å². The summed E-state index contributed by atoms with van der Waals surface area (Å²) in [4.78, 5) is 3.95. The number of nitrogens with one attached hydrogen (secondary N) is 2. The normalized spacial score (nSPS) is 10.9. The number of guanidine groups is 1. The lowest BCUT2D eigenvalue weighted by Gasteiger charge is -2.12. The summed E-state index contributed by atoms with van der Waals surface area (Å²) >= 11 is 0. The van der Waals surface area contributed by atoms with Gasteiger partial charge in [0, 0.05) is 25.7 Å². The third-order valence-corrected chi connectivity index (χ3v) is 3.15. The van der Waals surface area contributed by atoms with E-state index in [9.17, 15) is 13.2 Å². The maximum Gasteiger partial charge on any atom is 0.191 e. The Labute approximate surface area is 154 Å². The third kappa shape index (κ3) is 5.59. The smallest absolute Gasteiger partial charge is 0.191 e. The summed E-state index contributed by atoms with van der Waals surface area (Å²) in [5.74, 6) is -1.82. The molecule has 0 saturated carbocycles. The topological polar surface area (TPSA) is 56.7 Å². The number of rotatable bonds is 4. The highest BCUT2D eigenvalue weighted by atomic mass is 127. The molecule has 0 fully saturated rings. The van der Waals surface area contributed by atoms with Crippen LogP contribution in [0.5, 0.6) is 5.75 Å². The van der Waals surface area contributed by atoms with E-state index in [1.807, 2.05) is 0 Å². The predicted molar refractivity (Wildman–Crippen MR) is 96.9 cm³/mol. The van der Waals surface area contributed by atoms with E-state index < -0.39 is 23.2 Å². The third-order valence-electron chi connectivity index (χ3n) is 3.15. The Bertz CT molecular complexity index is 726. The molecule has 0 aliphatic heterocycles. The summed E-state index contributed by atoms with van der Waals surface area (Å²) in [5.41, 5.74) is 0.767. The molecule has 0 radical (unpaired) electrons. The van der Waals surface area contributed by atoms with Crippen LogP contribution in [0, 0.1) is 17.5 Å². The minimum atomic E-state index is -0.714. The number of benzene rings is 2. The number of nitrogens with zero attached hydrogens (tertiary/aromatic N) is 1. The summed E-state index contributed by atoms with van der Waals surface area (Å²) in [6.07, 6.45) is 0. The molecule has 0 spiro atoms. The van der Waals surface area contributed by atoms with E-state index >= 15 is 0 Å². The lowest BCUT2D eigenvalue weighted by molar-refractivity contribution is 0.431. The molecule has 2 aromatic carbocycles. The highest BCUT2D eigenvalue weighted by molar-refractivity contribution is 14.0. The van der Waals surface area contributed by atoms with Crippen LogP contribution < -0.4 is 10.6 Å². The maximum absolute atomic E-state index is 13.5. The molecule has 0 saturated heterocycles. The zero-order valence-corrected chi connectivity index (χ0v) is 15.1. The molecule has 2 rings (SSSR count). The van der Waals surface area contributed by atoms with Gasteiger partial charge in [-0.25, -0.2) is 13.2 Å². The van der Waals surface area contributed by atoms with Gasteiger partial charge < -0.3 is 15.7 Å². The summed E-state index contributed by atoms with van der Waals surface area (Å²) in [6.45, 7) is 0.301. The lowest BCUT2D eigenvalue weighted by atomic mass is 10.2. The monoisotopic (exact) mass is 451 g/mol. The second kappa shape index (κ2) is 9.36. The summed E-state index contributed by atoms with van der Waals surface area (Å²) < 4.78 is 39.9. The van der Waals surface area contributed by atoms with Crippen molar-refractivity contribution in [3.05, 3.63) is 65.0 Å². The van der Waals surface area contributed by atoms with E-state index in [1.54, 1.807) is 6.07 Å². The zero-order valence-electron chi connectivity index (χ0n) is 12.8. The van der Waals surface area contributed by atoms with Crippen LogP contribution in [0.1, 0.15) is 11.1 Å². The standard InChI is InChI=1S/C16H16F3N3O.HI/c1-20-16(21-8-10-2-5-15(23)14(19)6-10)22-9-11-7-12(17)3-4-13(11)18;/h2-7,23H,8-9H2,1H3,(H2,20,21,22);1H. The minimum Gasteiger partial charge on any atom is -0.505 e. The van der Waals surface area contributed by atoms with Crippen molar-refractivity contribution in [1.82, 2.24) is 10.6 Å². The largest absolute Gasteiger partial charge is 0.505 e. The van der Waals surface area contributed by atoms with Gasteiger partial charge in [0.05, 0.1) is 0 Å². The molecule has 8 heteroatoms. The highest BCUT2D eigenvalue weighted by Gasteiger charge is 2.06. The Balaban J connectivity index is 0.00000288. The highest BCUT2D eigenvalue weighted by Crippen LogP contribution is 2.15. The molecule has 3 N–H and O–H groups in total. The first kappa shape index (κ1) is 20.1. The van der Waals surface area contributed by atoms with Gasteiger partial charge in [-0.2, -0.15) is 0 Å². The predicted octanol–water partition coefficient (Wildman–Crippen LogP) is 3.29. The van der Waals surface area contributed by atoms with Gasteiger partial charge in [-0.05, 0) is 35.9 Å². The average molecular weight is 451 g/mol. The van der Waals surface area contributed by atoms with E-state index in [1.165, 1.54) is 19.2 Å². The molecule has 0 heterocycles.